The number of hydrogen-bond donors (Lipinski definition) is 1. The van der Waals surface area contributed by atoms with E-state index in [-0.39, 0.29) is 17.3 Å². The second-order valence-corrected chi connectivity index (χ2v) is 7.73. The summed E-state index contributed by atoms with van der Waals surface area (Å²) >= 11 is 6.38. The van der Waals surface area contributed by atoms with Crippen molar-refractivity contribution in [3.63, 3.8) is 0 Å². The lowest BCUT2D eigenvalue weighted by molar-refractivity contribution is -0.146. The summed E-state index contributed by atoms with van der Waals surface area (Å²) in [6.07, 6.45) is 1.59. The number of carbonyl (C=O) groups is 1. The number of guanidine groups is 1. The number of nitrogens with zero attached hydrogens (tertiary/aromatic N) is 2. The van der Waals surface area contributed by atoms with Gasteiger partial charge in [0.05, 0.1) is 19.6 Å². The highest BCUT2D eigenvalue weighted by molar-refractivity contribution is 6.31. The molecule has 5 nitrogen and oxygen atoms in total. The molecule has 0 aromatic heterocycles. The van der Waals surface area contributed by atoms with Crippen LogP contribution in [0.15, 0.2) is 29.3 Å². The van der Waals surface area contributed by atoms with Crippen LogP contribution in [0.2, 0.25) is 5.02 Å². The van der Waals surface area contributed by atoms with Crippen molar-refractivity contribution >= 4 is 23.5 Å². The van der Waals surface area contributed by atoms with Gasteiger partial charge >= 0.3 is 5.97 Å². The van der Waals surface area contributed by atoms with Crippen LogP contribution in [-0.4, -0.2) is 50.1 Å². The number of halogens is 1. The van der Waals surface area contributed by atoms with Crippen LogP contribution in [0, 0.1) is 5.92 Å². The fourth-order valence-corrected chi connectivity index (χ4v) is 3.68. The molecular formula is C20H30ClN3O2. The Hall–Kier alpha value is -1.75. The molecule has 6 heteroatoms. The Morgan fingerprint density at radius 2 is 2.00 bits per heavy atom. The molecule has 0 unspecified atom stereocenters. The molecule has 1 aromatic rings. The fourth-order valence-electron chi connectivity index (χ4n) is 3.29. The van der Waals surface area contributed by atoms with E-state index in [0.29, 0.717) is 6.54 Å². The van der Waals surface area contributed by atoms with Crippen molar-refractivity contribution in [3.8, 4) is 0 Å². The minimum atomic E-state index is -0.163. The summed E-state index contributed by atoms with van der Waals surface area (Å²) in [5.74, 6) is 0.793. The van der Waals surface area contributed by atoms with E-state index in [1.807, 2.05) is 18.2 Å². The first-order chi connectivity index (χ1) is 12.4. The Labute approximate surface area is 161 Å². The predicted molar refractivity (Wildman–Crippen MR) is 107 cm³/mol. The zero-order valence-electron chi connectivity index (χ0n) is 16.2. The van der Waals surface area contributed by atoms with E-state index in [1.165, 1.54) is 7.11 Å². The predicted octanol–water partition coefficient (Wildman–Crippen LogP) is 3.47. The molecule has 0 spiro atoms. The van der Waals surface area contributed by atoms with Gasteiger partial charge < -0.3 is 15.0 Å². The number of hydrogen-bond acceptors (Lipinski definition) is 3. The second-order valence-electron chi connectivity index (χ2n) is 7.32. The normalized spacial score (nSPS) is 16.5. The molecule has 0 radical (unpaired) electrons. The third kappa shape index (κ3) is 5.13. The van der Waals surface area contributed by atoms with E-state index < -0.39 is 0 Å². The number of aliphatic imine (C=N–C) groups is 1. The zero-order valence-corrected chi connectivity index (χ0v) is 17.0. The molecule has 1 aliphatic rings. The molecule has 26 heavy (non-hydrogen) atoms. The van der Waals surface area contributed by atoms with Crippen molar-refractivity contribution in [3.05, 3.63) is 34.9 Å². The van der Waals surface area contributed by atoms with Crippen LogP contribution in [0.5, 0.6) is 0 Å². The molecule has 2 rings (SSSR count). The molecule has 0 amide bonds. The number of ether oxygens (including phenoxy) is 1. The van der Waals surface area contributed by atoms with Crippen molar-refractivity contribution in [1.82, 2.24) is 10.2 Å². The van der Waals surface area contributed by atoms with Gasteiger partial charge in [-0.3, -0.25) is 9.79 Å². The standard InChI is InChI=1S/C20H30ClN3O2/c1-5-22-19(24-12-10-15(11-13-24)18(25)26-4)23-14-20(2,3)16-8-6-7-9-17(16)21/h6-9,15H,5,10-14H2,1-4H3,(H,22,23). The first-order valence-corrected chi connectivity index (χ1v) is 9.63. The maximum absolute atomic E-state index is 11.7. The van der Waals surface area contributed by atoms with Crippen LogP contribution in [-0.2, 0) is 14.9 Å². The van der Waals surface area contributed by atoms with Gasteiger partial charge in [-0.2, -0.15) is 0 Å². The maximum atomic E-state index is 11.7. The van der Waals surface area contributed by atoms with E-state index >= 15 is 0 Å². The first kappa shape index (κ1) is 20.6. The number of rotatable bonds is 5. The molecular weight excluding hydrogens is 350 g/mol. The monoisotopic (exact) mass is 379 g/mol. The Morgan fingerprint density at radius 1 is 1.35 bits per heavy atom. The van der Waals surface area contributed by atoms with Gasteiger partial charge in [-0.1, -0.05) is 43.6 Å². The third-order valence-corrected chi connectivity index (χ3v) is 5.22. The highest BCUT2D eigenvalue weighted by Crippen LogP contribution is 2.30. The zero-order chi connectivity index (χ0) is 19.2. The van der Waals surface area contributed by atoms with E-state index in [9.17, 15) is 4.79 Å². The van der Waals surface area contributed by atoms with Gasteiger partial charge in [0.2, 0.25) is 0 Å². The summed E-state index contributed by atoms with van der Waals surface area (Å²) in [7, 11) is 1.46. The lowest BCUT2D eigenvalue weighted by atomic mass is 9.85. The third-order valence-electron chi connectivity index (χ3n) is 4.89. The van der Waals surface area contributed by atoms with Crippen LogP contribution in [0.3, 0.4) is 0 Å². The van der Waals surface area contributed by atoms with Crippen molar-refractivity contribution in [2.24, 2.45) is 10.9 Å². The molecule has 1 heterocycles. The molecule has 1 fully saturated rings. The summed E-state index contributed by atoms with van der Waals surface area (Å²) in [5, 5.41) is 4.15. The molecule has 0 atom stereocenters. The maximum Gasteiger partial charge on any atom is 0.308 e. The van der Waals surface area contributed by atoms with Crippen LogP contribution in [0.1, 0.15) is 39.2 Å². The van der Waals surface area contributed by atoms with Crippen LogP contribution in [0.25, 0.3) is 0 Å². The molecule has 1 saturated heterocycles. The molecule has 1 aliphatic heterocycles. The van der Waals surface area contributed by atoms with E-state index in [1.54, 1.807) is 0 Å². The average molecular weight is 380 g/mol. The number of benzene rings is 1. The quantitative estimate of drug-likeness (QED) is 0.483. The molecule has 144 valence electrons. The minimum Gasteiger partial charge on any atom is -0.469 e. The van der Waals surface area contributed by atoms with Crippen molar-refractivity contribution in [2.45, 2.75) is 39.0 Å². The summed E-state index contributed by atoms with van der Waals surface area (Å²) in [4.78, 5) is 18.8. The van der Waals surface area contributed by atoms with E-state index in [2.05, 4.69) is 37.1 Å². The lowest BCUT2D eigenvalue weighted by Gasteiger charge is -2.34. The van der Waals surface area contributed by atoms with Crippen molar-refractivity contribution in [1.29, 1.82) is 0 Å². The highest BCUT2D eigenvalue weighted by Gasteiger charge is 2.28. The van der Waals surface area contributed by atoms with Gasteiger partial charge in [0.25, 0.3) is 0 Å². The van der Waals surface area contributed by atoms with Gasteiger partial charge in [0, 0.05) is 30.1 Å². The van der Waals surface area contributed by atoms with Gasteiger partial charge in [-0.15, -0.1) is 0 Å². The smallest absolute Gasteiger partial charge is 0.308 e. The number of nitrogens with one attached hydrogen (secondary N) is 1. The van der Waals surface area contributed by atoms with Gasteiger partial charge in [0.15, 0.2) is 5.96 Å². The van der Waals surface area contributed by atoms with Crippen molar-refractivity contribution < 1.29 is 9.53 Å². The Kier molecular flexibility index (Phi) is 7.33. The fraction of sp³-hybridized carbons (Fsp3) is 0.600. The number of methoxy groups -OCH3 is 1. The summed E-state index contributed by atoms with van der Waals surface area (Å²) in [6, 6.07) is 7.94. The summed E-state index contributed by atoms with van der Waals surface area (Å²) in [5.41, 5.74) is 0.939. The van der Waals surface area contributed by atoms with E-state index in [4.69, 9.17) is 21.3 Å². The van der Waals surface area contributed by atoms with Crippen LogP contribution in [0.4, 0.5) is 0 Å². The first-order valence-electron chi connectivity index (χ1n) is 9.25. The van der Waals surface area contributed by atoms with Crippen LogP contribution < -0.4 is 5.32 Å². The molecule has 0 aliphatic carbocycles. The summed E-state index contributed by atoms with van der Waals surface area (Å²) in [6.45, 7) is 9.43. The van der Waals surface area contributed by atoms with Gasteiger partial charge in [0.1, 0.15) is 0 Å². The second kappa shape index (κ2) is 9.26. The Bertz CT molecular complexity index is 638. The molecule has 1 N–H and O–H groups in total. The SMILES string of the molecule is CCNC(=NCC(C)(C)c1ccccc1Cl)N1CCC(C(=O)OC)CC1. The Balaban J connectivity index is 2.07. The highest BCUT2D eigenvalue weighted by atomic mass is 35.5. The molecule has 0 saturated carbocycles. The number of piperidine rings is 1. The number of esters is 1. The lowest BCUT2D eigenvalue weighted by Crippen LogP contribution is -2.47. The number of carbonyl (C=O) groups excluding carboxylic acids is 1. The Morgan fingerprint density at radius 3 is 2.58 bits per heavy atom. The minimum absolute atomic E-state index is 0.00121. The molecule has 1 aromatic carbocycles. The molecule has 0 bridgehead atoms. The summed E-state index contributed by atoms with van der Waals surface area (Å²) < 4.78 is 4.87. The average Bonchev–Trinajstić information content (AvgIpc) is 2.65. The van der Waals surface area contributed by atoms with Crippen LogP contribution >= 0.6 is 11.6 Å². The van der Waals surface area contributed by atoms with Gasteiger partial charge in [-0.05, 0) is 31.4 Å². The topological polar surface area (TPSA) is 53.9 Å². The van der Waals surface area contributed by atoms with E-state index in [0.717, 1.165) is 49.0 Å². The largest absolute Gasteiger partial charge is 0.469 e. The van der Waals surface area contributed by atoms with Crippen molar-refractivity contribution in [2.75, 3.05) is 33.3 Å². The number of likely N-dealkylation sites (tertiary alicyclic amines) is 1. The van der Waals surface area contributed by atoms with Gasteiger partial charge in [-0.25, -0.2) is 0 Å².